The van der Waals surface area contributed by atoms with Crippen LogP contribution in [0.3, 0.4) is 0 Å². The van der Waals surface area contributed by atoms with Gasteiger partial charge in [-0.2, -0.15) is 0 Å². The highest BCUT2D eigenvalue weighted by atomic mass is 32.2. The molecule has 0 aliphatic carbocycles. The molecular formula is C43H62B2N8O10SSi2. The van der Waals surface area contributed by atoms with Crippen molar-refractivity contribution in [3.8, 4) is 5.88 Å². The summed E-state index contributed by atoms with van der Waals surface area (Å²) >= 11 is 1.28. The molecule has 23 heteroatoms. The SMILES string of the molecule is CC(C)C[C@H](NC(=O)[C@H](Cc1ccc([Si](C)(C)O)cc1)NC(=O)c1cncc(OB(O)[C@H](CC(C)C)NC(=O)[C@H](Cc2ccccc2)NC(=O)c2cncc(SC[Si](C)(C)O)n2)n1)B(O)O. The van der Waals surface area contributed by atoms with E-state index in [4.69, 9.17) is 4.65 Å². The highest BCUT2D eigenvalue weighted by molar-refractivity contribution is 8.00. The maximum absolute atomic E-state index is 14.1. The largest absolute Gasteiger partial charge is 0.547 e. The Labute approximate surface area is 393 Å². The summed E-state index contributed by atoms with van der Waals surface area (Å²) < 4.78 is 5.79. The van der Waals surface area contributed by atoms with Gasteiger partial charge in [0.2, 0.25) is 26.0 Å². The molecule has 0 fully saturated rings. The number of nitrogens with one attached hydrogen (secondary N) is 4. The molecule has 4 aromatic rings. The summed E-state index contributed by atoms with van der Waals surface area (Å²) in [5, 5.41) is 44.1. The van der Waals surface area contributed by atoms with Gasteiger partial charge in [0, 0.05) is 18.2 Å². The summed E-state index contributed by atoms with van der Waals surface area (Å²) in [6, 6.07) is 13.7. The van der Waals surface area contributed by atoms with Crippen LogP contribution in [0.5, 0.6) is 5.88 Å². The van der Waals surface area contributed by atoms with E-state index in [0.717, 1.165) is 16.9 Å². The topological polar surface area (TPSA) is 278 Å². The third kappa shape index (κ3) is 18.0. The van der Waals surface area contributed by atoms with Crippen molar-refractivity contribution in [2.24, 2.45) is 11.8 Å². The Hall–Kier alpha value is -5.01. The molecule has 4 amide bonds. The lowest BCUT2D eigenvalue weighted by Gasteiger charge is -2.26. The fourth-order valence-electron chi connectivity index (χ4n) is 6.60. The summed E-state index contributed by atoms with van der Waals surface area (Å²) in [5.74, 6) is -5.20. The van der Waals surface area contributed by atoms with Crippen molar-refractivity contribution >= 4 is 71.4 Å². The molecule has 354 valence electrons. The van der Waals surface area contributed by atoms with Crippen LogP contribution in [0.25, 0.3) is 0 Å². The van der Waals surface area contributed by atoms with Gasteiger partial charge in [-0.3, -0.25) is 29.1 Å². The second-order valence-corrected chi connectivity index (χ2v) is 27.4. The maximum Gasteiger partial charge on any atom is 0.547 e. The molecule has 0 radical (unpaired) electrons. The van der Waals surface area contributed by atoms with E-state index < -0.39 is 78.5 Å². The molecule has 0 saturated heterocycles. The number of amides is 4. The minimum atomic E-state index is -2.62. The lowest BCUT2D eigenvalue weighted by Crippen LogP contribution is -2.56. The highest BCUT2D eigenvalue weighted by Crippen LogP contribution is 2.19. The normalized spacial score (nSPS) is 13.6. The van der Waals surface area contributed by atoms with Gasteiger partial charge in [-0.15, -0.1) is 11.8 Å². The van der Waals surface area contributed by atoms with E-state index in [1.54, 1.807) is 62.6 Å². The number of aromatic nitrogens is 4. The van der Waals surface area contributed by atoms with Crippen LogP contribution in [-0.4, -0.2) is 128 Å². The first-order valence-corrected chi connectivity index (χ1v) is 28.8. The van der Waals surface area contributed by atoms with Crippen LogP contribution in [0.4, 0.5) is 0 Å². The third-order valence-electron chi connectivity index (χ3n) is 9.94. The monoisotopic (exact) mass is 960 g/mol. The van der Waals surface area contributed by atoms with Crippen molar-refractivity contribution in [3.63, 3.8) is 0 Å². The van der Waals surface area contributed by atoms with Crippen LogP contribution in [0.2, 0.25) is 26.2 Å². The van der Waals surface area contributed by atoms with Gasteiger partial charge >= 0.3 is 14.2 Å². The summed E-state index contributed by atoms with van der Waals surface area (Å²) in [5.41, 5.74) is 1.10. The molecule has 18 nitrogen and oxygen atoms in total. The quantitative estimate of drug-likeness (QED) is 0.0354. The first-order valence-electron chi connectivity index (χ1n) is 21.8. The zero-order valence-corrected chi connectivity index (χ0v) is 41.5. The van der Waals surface area contributed by atoms with E-state index in [-0.39, 0.29) is 54.8 Å². The zero-order chi connectivity index (χ0) is 48.8. The molecule has 0 aliphatic heterocycles. The minimum Gasteiger partial charge on any atom is -0.520 e. The average Bonchev–Trinajstić information content (AvgIpc) is 3.24. The Balaban J connectivity index is 1.53. The number of rotatable bonds is 24. The number of hydrogen-bond donors (Lipinski definition) is 9. The van der Waals surface area contributed by atoms with Gasteiger partial charge in [0.05, 0.1) is 36.7 Å². The number of carbonyl (C=O) groups is 4. The molecule has 2 aromatic heterocycles. The van der Waals surface area contributed by atoms with E-state index in [1.165, 1.54) is 30.4 Å². The molecule has 66 heavy (non-hydrogen) atoms. The smallest absolute Gasteiger partial charge is 0.520 e. The molecular weight excluding hydrogens is 898 g/mol. The predicted octanol–water partition coefficient (Wildman–Crippen LogP) is 1.35. The van der Waals surface area contributed by atoms with Crippen LogP contribution in [0.1, 0.15) is 72.6 Å². The summed E-state index contributed by atoms with van der Waals surface area (Å²) in [6.45, 7) is 14.6. The van der Waals surface area contributed by atoms with Crippen LogP contribution >= 0.6 is 11.8 Å². The molecule has 0 saturated carbocycles. The number of carbonyl (C=O) groups excluding carboxylic acids is 4. The molecule has 0 aliphatic rings. The fourth-order valence-corrected chi connectivity index (χ4v) is 9.88. The second kappa shape index (κ2) is 24.7. The minimum absolute atomic E-state index is 0.00276. The second-order valence-electron chi connectivity index (χ2n) is 18.2. The van der Waals surface area contributed by atoms with E-state index in [0.29, 0.717) is 16.0 Å². The molecule has 4 atom stereocenters. The third-order valence-corrected chi connectivity index (χ3v) is 15.6. The number of thioether (sulfide) groups is 1. The van der Waals surface area contributed by atoms with Crippen LogP contribution in [0, 0.1) is 11.8 Å². The zero-order valence-electron chi connectivity index (χ0n) is 38.6. The maximum atomic E-state index is 14.1. The Morgan fingerprint density at radius 3 is 1.68 bits per heavy atom. The van der Waals surface area contributed by atoms with Gasteiger partial charge in [-0.1, -0.05) is 82.3 Å². The molecule has 9 N–H and O–H groups in total. The summed E-state index contributed by atoms with van der Waals surface area (Å²) in [7, 11) is -8.62. The van der Waals surface area contributed by atoms with Crippen molar-refractivity contribution in [2.45, 2.75) is 109 Å². The Morgan fingerprint density at radius 2 is 1.17 bits per heavy atom. The van der Waals surface area contributed by atoms with Gasteiger partial charge in [0.1, 0.15) is 28.5 Å². The Bertz CT molecular complexity index is 2220. The fraction of sp³-hybridized carbons (Fsp3) is 0.442. The van der Waals surface area contributed by atoms with Crippen LogP contribution < -0.4 is 31.1 Å². The molecule has 4 rings (SSSR count). The molecule has 2 heterocycles. The standard InChI is InChI=1S/C43H62B2N8O10SSi2/c1-27(2)18-36(44(58)59)52-40(54)33(21-30-14-16-31(17-15-30)66(7,8)62)50-42(56)34-22-46-24-38(48-34)63-45(60)37(19-28(3)4)53-41(55)32(20-29-12-10-9-11-13-29)51-43(57)35-23-47-25-39(49-35)64-26-65(5,6)61/h9-17,22-25,27-28,32-33,36-37,58-62H,18-21,26H2,1-8H3,(H,50,56)(H,51,57)(H,52,54)(H,53,55)/t32-,33-,36-,37-/m0/s1. The average molecular weight is 961 g/mol. The number of hydrogen-bond acceptors (Lipinski definition) is 15. The van der Waals surface area contributed by atoms with Crippen molar-refractivity contribution in [1.82, 2.24) is 41.2 Å². The molecule has 0 bridgehead atoms. The van der Waals surface area contributed by atoms with Gasteiger partial charge in [0.15, 0.2) is 8.32 Å². The highest BCUT2D eigenvalue weighted by Gasteiger charge is 2.35. The van der Waals surface area contributed by atoms with Crippen molar-refractivity contribution < 1.29 is 48.5 Å². The van der Waals surface area contributed by atoms with Crippen molar-refractivity contribution in [2.75, 3.05) is 5.38 Å². The van der Waals surface area contributed by atoms with E-state index >= 15 is 0 Å². The first-order chi connectivity index (χ1) is 31.0. The first kappa shape index (κ1) is 53.6. The van der Waals surface area contributed by atoms with Crippen molar-refractivity contribution in [1.29, 1.82) is 0 Å². The van der Waals surface area contributed by atoms with E-state index in [2.05, 4.69) is 41.2 Å². The molecule has 0 spiro atoms. The number of benzene rings is 2. The van der Waals surface area contributed by atoms with E-state index in [1.807, 2.05) is 45.9 Å². The molecule has 2 aromatic carbocycles. The van der Waals surface area contributed by atoms with Crippen LogP contribution in [-0.2, 0) is 22.4 Å². The summed E-state index contributed by atoms with van der Waals surface area (Å²) in [4.78, 5) is 92.8. The lowest BCUT2D eigenvalue weighted by atomic mass is 9.74. The van der Waals surface area contributed by atoms with Crippen molar-refractivity contribution in [3.05, 3.63) is 102 Å². The van der Waals surface area contributed by atoms with Gasteiger partial charge in [0.25, 0.3) is 11.8 Å². The number of nitrogens with zero attached hydrogens (tertiary/aromatic N) is 4. The Kier molecular flexibility index (Phi) is 20.0. The summed E-state index contributed by atoms with van der Waals surface area (Å²) in [6.07, 6.45) is 5.64. The molecule has 0 unspecified atom stereocenters. The van der Waals surface area contributed by atoms with Crippen LogP contribution in [0.15, 0.2) is 84.4 Å². The Morgan fingerprint density at radius 1 is 0.667 bits per heavy atom. The van der Waals surface area contributed by atoms with E-state index in [9.17, 15) is 43.8 Å². The van der Waals surface area contributed by atoms with Gasteiger partial charge in [-0.25, -0.2) is 9.97 Å². The van der Waals surface area contributed by atoms with Gasteiger partial charge < -0.3 is 50.6 Å². The predicted molar refractivity (Wildman–Crippen MR) is 258 cm³/mol. The lowest BCUT2D eigenvalue weighted by molar-refractivity contribution is -0.124. The van der Waals surface area contributed by atoms with Gasteiger partial charge in [-0.05, 0) is 67.2 Å².